The molecule has 1 aliphatic carbocycles. The molecule has 4 amide bonds. The van der Waals surface area contributed by atoms with Crippen LogP contribution in [0.1, 0.15) is 140 Å². The fraction of sp³-hybridized carbons (Fsp3) is 0.278. The van der Waals surface area contributed by atoms with Crippen molar-refractivity contribution < 1.29 is 57.1 Å². The van der Waals surface area contributed by atoms with Crippen LogP contribution in [0.5, 0.6) is 46.0 Å². The fourth-order valence-electron chi connectivity index (χ4n) is 13.3. The molecule has 0 fully saturated rings. The van der Waals surface area contributed by atoms with Gasteiger partial charge in [-0.25, -0.2) is 0 Å². The summed E-state index contributed by atoms with van der Waals surface area (Å²) in [6.45, 7) is 0. The number of nitrogens with one attached hydrogen (secondary N) is 4. The first-order chi connectivity index (χ1) is 42.9. The molecule has 452 valence electrons. The maximum absolute atomic E-state index is 15.7. The van der Waals surface area contributed by atoms with Crippen LogP contribution < -0.4 is 59.2 Å². The van der Waals surface area contributed by atoms with Crippen molar-refractivity contribution in [3.05, 3.63) is 237 Å². The van der Waals surface area contributed by atoms with Crippen LogP contribution in [-0.4, -0.2) is 80.5 Å². The molecule has 2 aliphatic heterocycles. The third-order valence-electron chi connectivity index (χ3n) is 17.5. The minimum absolute atomic E-state index is 0.187. The normalized spacial score (nSPS) is 21.0. The molecule has 4 N–H and O–H groups in total. The second-order valence-corrected chi connectivity index (χ2v) is 22.2. The quantitative estimate of drug-likeness (QED) is 0.0907. The Kier molecular flexibility index (Phi) is 17.9. The molecule has 0 aromatic heterocycles. The molecule has 2 heterocycles. The largest absolute Gasteiger partial charge is 0.496 e. The van der Waals surface area contributed by atoms with E-state index >= 15 is 19.2 Å². The van der Waals surface area contributed by atoms with E-state index in [9.17, 15) is 0 Å². The summed E-state index contributed by atoms with van der Waals surface area (Å²) in [6, 6.07) is 50.0. The highest BCUT2D eigenvalue weighted by atomic mass is 16.5. The van der Waals surface area contributed by atoms with Gasteiger partial charge in [0.1, 0.15) is 46.0 Å². The molecule has 4 atom stereocenters. The summed E-state index contributed by atoms with van der Waals surface area (Å²) in [6.07, 6.45) is -0.749. The molecule has 8 aromatic carbocycles. The second kappa shape index (κ2) is 26.3. The first kappa shape index (κ1) is 59.8. The zero-order valence-corrected chi connectivity index (χ0v) is 50.5. The van der Waals surface area contributed by atoms with E-state index in [0.29, 0.717) is 90.5 Å². The van der Waals surface area contributed by atoms with Gasteiger partial charge >= 0.3 is 0 Å². The average molecular weight is 1190 g/mol. The predicted octanol–water partition coefficient (Wildman–Crippen LogP) is 11.6. The number of carbonyl (C=O) groups excluding carboxylic acids is 4. The fourth-order valence-corrected chi connectivity index (χ4v) is 13.3. The highest BCUT2D eigenvalue weighted by Gasteiger charge is 2.40. The number of benzene rings is 8. The van der Waals surface area contributed by atoms with Crippen LogP contribution in [0.4, 0.5) is 0 Å². The van der Waals surface area contributed by atoms with Crippen molar-refractivity contribution in [3.8, 4) is 46.0 Å². The van der Waals surface area contributed by atoms with E-state index in [4.69, 9.17) is 37.9 Å². The number of hydrogen-bond donors (Lipinski definition) is 4. The smallest absolute Gasteiger partial charge is 0.221 e. The van der Waals surface area contributed by atoms with Crippen molar-refractivity contribution in [2.24, 2.45) is 0 Å². The molecule has 16 heteroatoms. The summed E-state index contributed by atoms with van der Waals surface area (Å²) in [5.74, 6) is -2.00. The van der Waals surface area contributed by atoms with Crippen LogP contribution in [0.2, 0.25) is 0 Å². The van der Waals surface area contributed by atoms with Crippen LogP contribution >= 0.6 is 0 Å². The Labute approximate surface area is 512 Å². The molecule has 8 aromatic rings. The number of hydrogen-bond acceptors (Lipinski definition) is 12. The lowest BCUT2D eigenvalue weighted by Crippen LogP contribution is -2.41. The van der Waals surface area contributed by atoms with Gasteiger partial charge in [0.25, 0.3) is 0 Å². The lowest BCUT2D eigenvalue weighted by molar-refractivity contribution is -0.125. The van der Waals surface area contributed by atoms with Gasteiger partial charge in [-0.05, 0) is 46.5 Å². The van der Waals surface area contributed by atoms with Crippen molar-refractivity contribution in [2.45, 2.75) is 73.5 Å². The number of rotatable bonds is 12. The minimum Gasteiger partial charge on any atom is -0.496 e. The maximum atomic E-state index is 15.7. The Bertz CT molecular complexity index is 3370. The minimum atomic E-state index is -0.885. The van der Waals surface area contributed by atoms with Crippen LogP contribution in [0.3, 0.4) is 0 Å². The molecule has 0 saturated heterocycles. The first-order valence-corrected chi connectivity index (χ1v) is 29.3. The van der Waals surface area contributed by atoms with Crippen molar-refractivity contribution in [1.82, 2.24) is 21.3 Å². The van der Waals surface area contributed by atoms with E-state index in [1.54, 1.807) is 81.1 Å². The molecule has 88 heavy (non-hydrogen) atoms. The van der Waals surface area contributed by atoms with Gasteiger partial charge in [-0.2, -0.15) is 0 Å². The van der Waals surface area contributed by atoms with Crippen LogP contribution in [0.15, 0.2) is 170 Å². The Morgan fingerprint density at radius 3 is 0.557 bits per heavy atom. The summed E-state index contributed by atoms with van der Waals surface area (Å²) in [5.41, 5.74) is 7.40. The van der Waals surface area contributed by atoms with E-state index in [0.717, 1.165) is 22.3 Å². The van der Waals surface area contributed by atoms with Crippen molar-refractivity contribution in [1.29, 1.82) is 0 Å². The molecule has 0 saturated carbocycles. The zero-order chi connectivity index (χ0) is 61.6. The number of ether oxygens (including phenoxy) is 8. The van der Waals surface area contributed by atoms with Gasteiger partial charge in [0, 0.05) is 118 Å². The molecule has 12 bridgehead atoms. The van der Waals surface area contributed by atoms with E-state index in [1.165, 1.54) is 0 Å². The van der Waals surface area contributed by atoms with Gasteiger partial charge in [-0.3, -0.25) is 19.2 Å². The van der Waals surface area contributed by atoms with Crippen molar-refractivity contribution in [2.75, 3.05) is 56.9 Å². The van der Waals surface area contributed by atoms with Gasteiger partial charge in [-0.15, -0.1) is 0 Å². The summed E-state index contributed by atoms with van der Waals surface area (Å²) in [5, 5.41) is 13.6. The monoisotopic (exact) mass is 1180 g/mol. The molecular weight excluding hydrogens is 1110 g/mol. The van der Waals surface area contributed by atoms with E-state index < -0.39 is 47.8 Å². The zero-order valence-electron chi connectivity index (χ0n) is 50.5. The SMILES string of the molecule is COc1cc(OC)c2cc1C1CC(=O)NC(c3ccccc3)[C@@H](c3ccccc3)NC(=O)CC2c2cc(c(OC)cc2OC)C2CC(=O)NC(c3ccccc3)[C@@H](c3ccccc3)NC(=O)CC(c3cc2c(OC)cc3OC)c2cc1c(OC)cc2OC. The van der Waals surface area contributed by atoms with Gasteiger partial charge < -0.3 is 59.2 Å². The van der Waals surface area contributed by atoms with E-state index in [1.807, 2.05) is 146 Å². The van der Waals surface area contributed by atoms with Crippen LogP contribution in [0.25, 0.3) is 0 Å². The van der Waals surface area contributed by atoms with Crippen LogP contribution in [0, 0.1) is 0 Å². The third kappa shape index (κ3) is 11.9. The van der Waals surface area contributed by atoms with Crippen molar-refractivity contribution >= 4 is 23.6 Å². The Morgan fingerprint density at radius 1 is 0.250 bits per heavy atom. The van der Waals surface area contributed by atoms with Gasteiger partial charge in [0.2, 0.25) is 23.6 Å². The number of carbonyl (C=O) groups is 4. The molecule has 0 spiro atoms. The third-order valence-corrected chi connectivity index (χ3v) is 17.5. The topological polar surface area (TPSA) is 190 Å². The lowest BCUT2D eigenvalue weighted by Gasteiger charge is -2.31. The molecule has 0 radical (unpaired) electrons. The summed E-state index contributed by atoms with van der Waals surface area (Å²) in [7, 11) is 12.5. The molecule has 11 rings (SSSR count). The predicted molar refractivity (Wildman–Crippen MR) is 333 cm³/mol. The Hall–Kier alpha value is -9.96. The van der Waals surface area contributed by atoms with Gasteiger partial charge in [-0.1, -0.05) is 121 Å². The highest BCUT2D eigenvalue weighted by Crippen LogP contribution is 2.53. The number of methoxy groups -OCH3 is 8. The molecular formula is C72H72N4O12. The summed E-state index contributed by atoms with van der Waals surface area (Å²) < 4.78 is 51.0. The molecule has 2 unspecified atom stereocenters. The highest BCUT2D eigenvalue weighted by molar-refractivity contribution is 5.84. The second-order valence-electron chi connectivity index (χ2n) is 22.2. The van der Waals surface area contributed by atoms with Gasteiger partial charge in [0.05, 0.1) is 81.0 Å². The molecule has 16 nitrogen and oxygen atoms in total. The maximum Gasteiger partial charge on any atom is 0.221 e. The summed E-state index contributed by atoms with van der Waals surface area (Å²) in [4.78, 5) is 62.9. The van der Waals surface area contributed by atoms with E-state index in [2.05, 4.69) is 21.3 Å². The number of fused-ring (bicyclic) bond motifs is 8. The average Bonchev–Trinajstić information content (AvgIpc) is 1.41. The standard InChI is InChI=1S/C72H72N4O12/c1-81-57-37-58(82-2)50-29-49(57)45-33-65(77)73-69(41-21-13-9-14-22-41)70(42-23-15-10-16-24-42)74-66(78)34-46(50)55-32-56(64(88-8)40-63(55)87-7)48-36-68(80)76-72(44-27-19-12-20-28-44)71(43-25-17-11-18-26-43)75-67(79)35-47(51-30-52(48)60(84-4)38-59(51)83-3)54-31-53(45)61(85-5)39-62(54)86-6/h9-32,37-40,45-48,69-72H,33-36H2,1-8H3,(H,73,77)(H,74,78)(H,75,79)(H,76,80)/t45?,46?,47?,48?,69-,70?,71?,72-/m1/s1. The van der Waals surface area contributed by atoms with Crippen molar-refractivity contribution in [3.63, 3.8) is 0 Å². The lowest BCUT2D eigenvalue weighted by atomic mass is 9.77. The van der Waals surface area contributed by atoms with Crippen LogP contribution in [-0.2, 0) is 19.2 Å². The molecule has 3 aliphatic rings. The van der Waals surface area contributed by atoms with Gasteiger partial charge in [0.15, 0.2) is 0 Å². The summed E-state index contributed by atoms with van der Waals surface area (Å²) >= 11 is 0. The Balaban J connectivity index is 1.29. The number of amides is 4. The first-order valence-electron chi connectivity index (χ1n) is 29.3. The van der Waals surface area contributed by atoms with E-state index in [-0.39, 0.29) is 49.3 Å². The Morgan fingerprint density at radius 2 is 0.409 bits per heavy atom.